The third-order valence-corrected chi connectivity index (χ3v) is 17.2. The molecule has 10 rings (SSSR count). The van der Waals surface area contributed by atoms with Gasteiger partial charge in [0.25, 0.3) is 0 Å². The van der Waals surface area contributed by atoms with Crippen molar-refractivity contribution < 1.29 is 111 Å². The maximum absolute atomic E-state index is 15.4. The molecule has 412 valence electrons. The molecule has 0 saturated heterocycles. The van der Waals surface area contributed by atoms with Crippen LogP contribution in [-0.2, 0) is 23.2 Å². The Labute approximate surface area is 458 Å². The quantitative estimate of drug-likeness (QED) is 0.0554. The van der Waals surface area contributed by atoms with Crippen LogP contribution in [-0.4, -0.2) is 12.3 Å². The summed E-state index contributed by atoms with van der Waals surface area (Å²) in [6.07, 6.45) is 7.58. The van der Waals surface area contributed by atoms with E-state index in [9.17, 15) is 52.7 Å². The third kappa shape index (κ3) is 10.3. The molecule has 0 amide bonds. The molecular weight excluding hydrogens is 1190 g/mol. The fraction of sp³-hybridized carbons (Fsp3) is 0.0345. The molecule has 0 heterocycles. The minimum atomic E-state index is -7.22. The van der Waals surface area contributed by atoms with E-state index in [2.05, 4.69) is 158 Å². The fourth-order valence-electron chi connectivity index (χ4n) is 10.3. The number of hydrogen-bond donors (Lipinski definition) is 0. The molecule has 0 N–H and O–H groups in total. The van der Waals surface area contributed by atoms with Crippen molar-refractivity contribution in [1.29, 1.82) is 0 Å². The van der Waals surface area contributed by atoms with Crippen molar-refractivity contribution in [1.82, 2.24) is 0 Å². The van der Waals surface area contributed by atoms with Crippen LogP contribution in [0.25, 0.3) is 0 Å². The largest absolute Gasteiger partial charge is 0.207 e. The summed E-state index contributed by atoms with van der Waals surface area (Å²) in [5, 5.41) is 0. The molecule has 0 aromatic heterocycles. The van der Waals surface area contributed by atoms with E-state index in [-0.39, 0.29) is 23.2 Å². The first-order valence-corrected chi connectivity index (χ1v) is 26.1. The van der Waals surface area contributed by atoms with Crippen LogP contribution >= 0.6 is 0 Å². The zero-order valence-corrected chi connectivity index (χ0v) is 43.1. The summed E-state index contributed by atoms with van der Waals surface area (Å²) in [6.45, 7) is 0. The van der Waals surface area contributed by atoms with Gasteiger partial charge in [-0.2, -0.15) is 21.9 Å². The van der Waals surface area contributed by atoms with Crippen LogP contribution < -0.4 is 43.7 Å². The van der Waals surface area contributed by atoms with Crippen molar-refractivity contribution in [2.24, 2.45) is 0 Å². The third-order valence-electron chi connectivity index (χ3n) is 13.8. The van der Waals surface area contributed by atoms with Crippen LogP contribution in [0, 0.1) is 116 Å². The van der Waals surface area contributed by atoms with E-state index in [0.717, 1.165) is 0 Å². The summed E-state index contributed by atoms with van der Waals surface area (Å²) < 4.78 is 297. The number of benzene rings is 8. The molecule has 0 fully saturated rings. The van der Waals surface area contributed by atoms with Gasteiger partial charge in [-0.1, -0.05) is 121 Å². The molecule has 8 aromatic rings. The summed E-state index contributed by atoms with van der Waals surface area (Å²) in [4.78, 5) is 0. The molecule has 2 aliphatic carbocycles. The average molecular weight is 1220 g/mol. The van der Waals surface area contributed by atoms with Gasteiger partial charge in [0.15, 0.2) is 69.8 Å². The summed E-state index contributed by atoms with van der Waals surface area (Å²) >= 11 is -0.312. The van der Waals surface area contributed by atoms with E-state index in [1.807, 2.05) is 0 Å². The van der Waals surface area contributed by atoms with Gasteiger partial charge in [0.1, 0.15) is 58.8 Å². The summed E-state index contributed by atoms with van der Waals surface area (Å²) in [7, 11) is 0. The van der Waals surface area contributed by atoms with Crippen LogP contribution in [0.2, 0.25) is 0 Å². The normalized spacial score (nSPS) is 12.8. The van der Waals surface area contributed by atoms with Gasteiger partial charge >= 0.3 is 79.1 Å². The van der Waals surface area contributed by atoms with Gasteiger partial charge in [0.2, 0.25) is 0 Å². The maximum atomic E-state index is 15.4. The van der Waals surface area contributed by atoms with E-state index < -0.39 is 150 Å². The molecule has 8 aromatic carbocycles. The summed E-state index contributed by atoms with van der Waals surface area (Å²) in [5.74, 6) is -71.4. The molecule has 0 bridgehead atoms. The van der Waals surface area contributed by atoms with Crippen LogP contribution in [0.15, 0.2) is 164 Å². The van der Waals surface area contributed by atoms with Crippen molar-refractivity contribution >= 4 is 56.0 Å². The second-order valence-corrected chi connectivity index (χ2v) is 21.9. The summed E-state index contributed by atoms with van der Waals surface area (Å²) in [5.41, 5.74) is -8.97. The first-order chi connectivity index (χ1) is 38.6. The van der Waals surface area contributed by atoms with Gasteiger partial charge in [0, 0.05) is 0 Å². The maximum Gasteiger partial charge on any atom is 0.200 e. The van der Waals surface area contributed by atoms with Crippen molar-refractivity contribution in [3.63, 3.8) is 0 Å². The zero-order chi connectivity index (χ0) is 58.8. The number of hydrogen-bond acceptors (Lipinski definition) is 0. The van der Waals surface area contributed by atoms with E-state index in [1.165, 1.54) is 34.7 Å². The predicted molar refractivity (Wildman–Crippen MR) is 263 cm³/mol. The molecule has 0 aliphatic heterocycles. The molecular formula is C58H30B2F20Zr. The molecule has 0 radical (unpaired) electrons. The molecule has 81 heavy (non-hydrogen) atoms. The predicted octanol–water partition coefficient (Wildman–Crippen LogP) is 11.7. The van der Waals surface area contributed by atoms with Crippen LogP contribution in [0.4, 0.5) is 87.8 Å². The van der Waals surface area contributed by atoms with Crippen molar-refractivity contribution in [2.45, 2.75) is 12.8 Å². The molecule has 0 atom stereocenters. The monoisotopic (exact) mass is 1220 g/mol. The van der Waals surface area contributed by atoms with Crippen LogP contribution in [0.5, 0.6) is 0 Å². The molecule has 0 unspecified atom stereocenters. The minimum Gasteiger partial charge on any atom is -0.207 e. The average Bonchev–Trinajstić information content (AvgIpc) is 3.54. The van der Waals surface area contributed by atoms with E-state index in [1.54, 1.807) is 6.56 Å². The Kier molecular flexibility index (Phi) is 17.8. The topological polar surface area (TPSA) is 0 Å². The number of rotatable bonds is 10. The second kappa shape index (κ2) is 24.2. The van der Waals surface area contributed by atoms with Crippen molar-refractivity contribution in [3.8, 4) is 0 Å². The van der Waals surface area contributed by atoms with E-state index in [4.69, 9.17) is 0 Å². The standard InChI is InChI=1S/C24BF20.C24H20B.2C5H5.Zr/c26-5-1(6(27)14(35)21(42)13(5)34)25(2-7(28)15(36)22(43)16(37)8(2)29,3-9(30)17(38)23(44)18(39)10(3)31)4-11(32)19(40)24(45)20(41)12(4)33;1-5-13-21(14-6-1)25(22-15-7-2-8-16-22,23-17-9-3-10-18-23)24-19-11-4-12-20-24;2*1-2-4-5-3-1;/h;1-20H;2*1-3H,4H2;/q2*-1;;;+2. The van der Waals surface area contributed by atoms with Gasteiger partial charge in [-0.3, -0.25) is 0 Å². The van der Waals surface area contributed by atoms with Gasteiger partial charge < -0.3 is 0 Å². The van der Waals surface area contributed by atoms with Gasteiger partial charge in [0.05, 0.1) is 0 Å². The molecule has 0 nitrogen and oxygen atoms in total. The first kappa shape index (κ1) is 59.5. The molecule has 2 aliphatic rings. The van der Waals surface area contributed by atoms with Gasteiger partial charge in [-0.15, -0.1) is 21.9 Å². The molecule has 0 spiro atoms. The van der Waals surface area contributed by atoms with Crippen molar-refractivity contribution in [2.75, 3.05) is 0 Å². The van der Waals surface area contributed by atoms with Gasteiger partial charge in [-0.05, 0) is 0 Å². The molecule has 0 saturated carbocycles. The van der Waals surface area contributed by atoms with Crippen LogP contribution in [0.1, 0.15) is 12.8 Å². The summed E-state index contributed by atoms with van der Waals surface area (Å²) in [6, 6.07) is 43.5. The SMILES string of the molecule is C1=CC[C]([Zr+2][C]2=CC=CC2)=C1.Fc1c(F)c(F)c([B-](c2c(F)c(F)c(F)c(F)c2F)(c2c(F)c(F)c(F)c(F)c2F)c2c(F)c(F)c(F)c(F)c2F)c(F)c1F.c1ccc([B-](c2ccccc2)(c2ccccc2)c2ccccc2)cc1. The Bertz CT molecular complexity index is 3260. The Morgan fingerprint density at radius 2 is 0.420 bits per heavy atom. The number of halogens is 20. The van der Waals surface area contributed by atoms with Crippen LogP contribution in [0.3, 0.4) is 0 Å². The minimum absolute atomic E-state index is 0.312. The van der Waals surface area contributed by atoms with Crippen molar-refractivity contribution in [3.05, 3.63) is 281 Å². The Morgan fingerprint density at radius 1 is 0.235 bits per heavy atom. The fourth-order valence-corrected chi connectivity index (χ4v) is 13.3. The van der Waals surface area contributed by atoms with Gasteiger partial charge in [-0.25, -0.2) is 87.8 Å². The Hall–Kier alpha value is -7.67. The number of allylic oxidation sites excluding steroid dienone is 8. The van der Waals surface area contributed by atoms with E-state index in [0.29, 0.717) is 0 Å². The second-order valence-electron chi connectivity index (χ2n) is 18.1. The Balaban J connectivity index is 0.000000196. The van der Waals surface area contributed by atoms with E-state index >= 15 is 35.1 Å². The first-order valence-electron chi connectivity index (χ1n) is 23.7. The smallest absolute Gasteiger partial charge is 0.200 e. The Morgan fingerprint density at radius 3 is 0.593 bits per heavy atom. The molecule has 23 heteroatoms. The zero-order valence-electron chi connectivity index (χ0n) is 40.6.